The van der Waals surface area contributed by atoms with Gasteiger partial charge in [-0.05, 0) is 55.5 Å². The van der Waals surface area contributed by atoms with Gasteiger partial charge in [0.05, 0.1) is 25.4 Å². The van der Waals surface area contributed by atoms with Gasteiger partial charge in [0, 0.05) is 31.1 Å². The normalized spacial score (nSPS) is 22.3. The number of methoxy groups -OCH3 is 1. The highest BCUT2D eigenvalue weighted by atomic mass is 28.4. The van der Waals surface area contributed by atoms with Crippen molar-refractivity contribution in [2.75, 3.05) is 7.11 Å². The summed E-state index contributed by atoms with van der Waals surface area (Å²) in [6.07, 6.45) is 11.8. The van der Waals surface area contributed by atoms with Crippen LogP contribution in [-0.4, -0.2) is 53.1 Å². The lowest BCUT2D eigenvalue weighted by molar-refractivity contribution is -0.140. The lowest BCUT2D eigenvalue weighted by Crippen LogP contribution is -2.42. The average molecular weight is 595 g/mol. The molecular formula is C33H62O5Si2. The van der Waals surface area contributed by atoms with Crippen LogP contribution in [0.1, 0.15) is 106 Å². The van der Waals surface area contributed by atoms with Crippen molar-refractivity contribution in [2.45, 2.75) is 161 Å². The third-order valence-electron chi connectivity index (χ3n) is 9.57. The minimum Gasteiger partial charge on any atom is -0.469 e. The number of rotatable bonds is 20. The van der Waals surface area contributed by atoms with E-state index < -0.39 is 22.7 Å². The quantitative estimate of drug-likeness (QED) is 0.0502. The Morgan fingerprint density at radius 3 is 1.98 bits per heavy atom. The van der Waals surface area contributed by atoms with Gasteiger partial charge in [-0.25, -0.2) is 0 Å². The summed E-state index contributed by atoms with van der Waals surface area (Å²) in [5, 5.41) is 10.8. The summed E-state index contributed by atoms with van der Waals surface area (Å²) in [5.41, 5.74) is 0. The monoisotopic (exact) mass is 594 g/mol. The van der Waals surface area contributed by atoms with Gasteiger partial charge < -0.3 is 18.7 Å². The van der Waals surface area contributed by atoms with E-state index in [0.29, 0.717) is 12.8 Å². The molecule has 5 atom stereocenters. The minimum atomic E-state index is -1.83. The van der Waals surface area contributed by atoms with Crippen LogP contribution in [0.3, 0.4) is 0 Å². The number of aliphatic hydroxyl groups is 1. The van der Waals surface area contributed by atoms with Crippen LogP contribution in [0.15, 0.2) is 12.2 Å². The zero-order valence-corrected chi connectivity index (χ0v) is 29.2. The van der Waals surface area contributed by atoms with Crippen molar-refractivity contribution in [2.24, 2.45) is 11.8 Å². The molecule has 1 aliphatic carbocycles. The van der Waals surface area contributed by atoms with E-state index in [1.807, 2.05) is 6.08 Å². The molecule has 0 radical (unpaired) electrons. The molecule has 0 heterocycles. The Bertz CT molecular complexity index is 765. The van der Waals surface area contributed by atoms with Crippen LogP contribution in [-0.2, 0) is 18.4 Å². The molecule has 0 aliphatic heterocycles. The molecule has 1 fully saturated rings. The number of ether oxygens (including phenoxy) is 1. The van der Waals surface area contributed by atoms with E-state index in [1.165, 1.54) is 7.11 Å². The average Bonchev–Trinajstić information content (AvgIpc) is 3.29. The lowest BCUT2D eigenvalue weighted by Gasteiger charge is -2.34. The second-order valence-electron chi connectivity index (χ2n) is 11.7. The van der Waals surface area contributed by atoms with Crippen LogP contribution in [0.2, 0.25) is 36.3 Å². The molecule has 0 aromatic carbocycles. The fraction of sp³-hybridized carbons (Fsp3) is 0.848. The number of hydrogen-bond donors (Lipinski definition) is 1. The molecule has 1 N–H and O–H groups in total. The molecule has 40 heavy (non-hydrogen) atoms. The summed E-state index contributed by atoms with van der Waals surface area (Å²) in [6, 6.07) is 6.76. The van der Waals surface area contributed by atoms with E-state index in [1.54, 1.807) is 0 Å². The van der Waals surface area contributed by atoms with E-state index in [0.717, 1.165) is 81.2 Å². The first kappa shape index (κ1) is 37.1. The highest BCUT2D eigenvalue weighted by molar-refractivity contribution is 6.74. The van der Waals surface area contributed by atoms with E-state index in [-0.39, 0.29) is 30.0 Å². The Hall–Kier alpha value is -0.916. The van der Waals surface area contributed by atoms with E-state index in [9.17, 15) is 9.90 Å². The largest absolute Gasteiger partial charge is 0.469 e. The van der Waals surface area contributed by atoms with Gasteiger partial charge in [-0.15, -0.1) is 11.8 Å². The molecule has 1 aliphatic rings. The number of hydrogen-bond acceptors (Lipinski definition) is 5. The Balaban J connectivity index is 3.33. The first-order chi connectivity index (χ1) is 19.2. The molecule has 0 spiro atoms. The van der Waals surface area contributed by atoms with Crippen LogP contribution >= 0.6 is 0 Å². The second-order valence-corrected chi connectivity index (χ2v) is 21.2. The van der Waals surface area contributed by atoms with Gasteiger partial charge >= 0.3 is 5.97 Å². The van der Waals surface area contributed by atoms with Gasteiger partial charge in [-0.1, -0.05) is 79.9 Å². The molecule has 0 aromatic heterocycles. The van der Waals surface area contributed by atoms with Crippen molar-refractivity contribution in [1.82, 2.24) is 0 Å². The topological polar surface area (TPSA) is 65.0 Å². The number of aliphatic hydroxyl groups excluding tert-OH is 1. The molecule has 1 unspecified atom stereocenters. The van der Waals surface area contributed by atoms with Gasteiger partial charge in [0.15, 0.2) is 16.6 Å². The number of esters is 1. The summed E-state index contributed by atoms with van der Waals surface area (Å²) in [5.74, 6) is 7.04. The highest BCUT2D eigenvalue weighted by Crippen LogP contribution is 2.44. The molecule has 0 saturated heterocycles. The standard InChI is InChI=1S/C33H62O5Si2/c1-9-16-19-22-28(34)25-26-30-29(23-20-17-18-21-24-33(35)36-8)31(37-39(10-2,11-3)12-4)27-32(30)38-40(13-5,14-6)15-7/h25-26,28-32,34H,9-16,18-19,21-24,27H2,1-8H3/b26-25+/t28?,29-,30+,31-,32+/m0/s1. The summed E-state index contributed by atoms with van der Waals surface area (Å²) in [7, 11) is -2.23. The van der Waals surface area contributed by atoms with Crippen molar-refractivity contribution in [3.8, 4) is 11.8 Å². The van der Waals surface area contributed by atoms with Gasteiger partial charge in [-0.2, -0.15) is 0 Å². The minimum absolute atomic E-state index is 0.110. The maximum atomic E-state index is 11.5. The smallest absolute Gasteiger partial charge is 0.305 e. The maximum absolute atomic E-state index is 11.5. The van der Waals surface area contributed by atoms with Gasteiger partial charge in [0.1, 0.15) is 0 Å². The van der Waals surface area contributed by atoms with Crippen LogP contribution in [0, 0.1) is 23.7 Å². The van der Waals surface area contributed by atoms with E-state index >= 15 is 0 Å². The van der Waals surface area contributed by atoms with E-state index in [2.05, 4.69) is 66.4 Å². The fourth-order valence-electron chi connectivity index (χ4n) is 6.18. The first-order valence-electron chi connectivity index (χ1n) is 16.5. The van der Waals surface area contributed by atoms with Crippen molar-refractivity contribution >= 4 is 22.6 Å². The maximum Gasteiger partial charge on any atom is 0.305 e. The third kappa shape index (κ3) is 11.8. The van der Waals surface area contributed by atoms with E-state index in [4.69, 9.17) is 13.6 Å². The molecule has 1 saturated carbocycles. The van der Waals surface area contributed by atoms with Crippen LogP contribution in [0.5, 0.6) is 0 Å². The summed E-state index contributed by atoms with van der Waals surface area (Å²) in [4.78, 5) is 11.5. The molecule has 0 amide bonds. The van der Waals surface area contributed by atoms with Crippen molar-refractivity contribution in [3.63, 3.8) is 0 Å². The van der Waals surface area contributed by atoms with Crippen LogP contribution < -0.4 is 0 Å². The number of carbonyl (C=O) groups excluding carboxylic acids is 1. The number of unbranched alkanes of at least 4 members (excludes halogenated alkanes) is 3. The predicted octanol–water partition coefficient (Wildman–Crippen LogP) is 8.64. The Kier molecular flexibility index (Phi) is 18.6. The highest BCUT2D eigenvalue weighted by Gasteiger charge is 2.48. The SMILES string of the molecule is CCCCCC(O)/C=C/[C@@H]1[C@H](CC#CCCCC(=O)OC)[C@@H](O[Si](CC)(CC)CC)C[C@H]1O[Si](CC)(CC)CC. The van der Waals surface area contributed by atoms with Crippen molar-refractivity contribution < 1.29 is 23.5 Å². The first-order valence-corrected chi connectivity index (χ1v) is 21.5. The third-order valence-corrected chi connectivity index (χ3v) is 18.9. The molecule has 232 valence electrons. The number of carbonyl (C=O) groups is 1. The molecular weight excluding hydrogens is 533 g/mol. The second kappa shape index (κ2) is 20.1. The van der Waals surface area contributed by atoms with Gasteiger partial charge in [0.2, 0.25) is 0 Å². The predicted molar refractivity (Wildman–Crippen MR) is 173 cm³/mol. The molecule has 7 heteroatoms. The fourth-order valence-corrected chi connectivity index (χ4v) is 12.0. The van der Waals surface area contributed by atoms with Crippen molar-refractivity contribution in [1.29, 1.82) is 0 Å². The summed E-state index contributed by atoms with van der Waals surface area (Å²) >= 11 is 0. The van der Waals surface area contributed by atoms with Crippen LogP contribution in [0.25, 0.3) is 0 Å². The Labute approximate surface area is 249 Å². The molecule has 0 aromatic rings. The zero-order valence-electron chi connectivity index (χ0n) is 27.2. The Morgan fingerprint density at radius 2 is 1.45 bits per heavy atom. The van der Waals surface area contributed by atoms with Crippen molar-refractivity contribution in [3.05, 3.63) is 12.2 Å². The summed E-state index contributed by atoms with van der Waals surface area (Å²) < 4.78 is 19.1. The lowest BCUT2D eigenvalue weighted by atomic mass is 9.90. The Morgan fingerprint density at radius 1 is 0.875 bits per heavy atom. The molecule has 1 rings (SSSR count). The van der Waals surface area contributed by atoms with Gasteiger partial charge in [-0.3, -0.25) is 4.79 Å². The van der Waals surface area contributed by atoms with Gasteiger partial charge in [0.25, 0.3) is 0 Å². The van der Waals surface area contributed by atoms with Crippen LogP contribution in [0.4, 0.5) is 0 Å². The summed E-state index contributed by atoms with van der Waals surface area (Å²) in [6.45, 7) is 16.0. The zero-order chi connectivity index (χ0) is 30.0. The molecule has 5 nitrogen and oxygen atoms in total. The molecule has 0 bridgehead atoms.